The molecule has 2 aliphatic rings. The molecule has 33 heavy (non-hydrogen) atoms. The Morgan fingerprint density at radius 1 is 0.970 bits per heavy atom. The number of carbonyl (C=O) groups excluding carboxylic acids is 3. The molecule has 0 spiro atoms. The third-order valence-electron chi connectivity index (χ3n) is 6.12. The largest absolute Gasteiger partial charge is 0.457 e. The fourth-order valence-corrected chi connectivity index (χ4v) is 4.31. The molecular weight excluding hydrogens is 420 g/mol. The second-order valence-corrected chi connectivity index (χ2v) is 8.76. The Hall–Kier alpha value is -3.55. The van der Waals surface area contributed by atoms with Gasteiger partial charge in [-0.3, -0.25) is 9.59 Å². The highest BCUT2D eigenvalue weighted by atomic mass is 16.5. The van der Waals surface area contributed by atoms with Crippen LogP contribution in [0.2, 0.25) is 0 Å². The van der Waals surface area contributed by atoms with Crippen LogP contribution in [-0.4, -0.2) is 67.4 Å². The molecule has 0 aromatic heterocycles. The van der Waals surface area contributed by atoms with E-state index in [-0.39, 0.29) is 36.2 Å². The van der Waals surface area contributed by atoms with Crippen LogP contribution < -0.4 is 15.0 Å². The summed E-state index contributed by atoms with van der Waals surface area (Å²) in [7, 11) is 3.46. The van der Waals surface area contributed by atoms with Gasteiger partial charge in [0, 0.05) is 51.8 Å². The Balaban J connectivity index is 1.28. The average molecular weight is 451 g/mol. The molecule has 8 nitrogen and oxygen atoms in total. The Bertz CT molecular complexity index is 985. The summed E-state index contributed by atoms with van der Waals surface area (Å²) in [6.45, 7) is 1.59. The molecule has 1 N–H and O–H groups in total. The number of carbonyl (C=O) groups is 3. The summed E-state index contributed by atoms with van der Waals surface area (Å²) in [6, 6.07) is 16.7. The third-order valence-corrected chi connectivity index (χ3v) is 6.12. The zero-order valence-electron chi connectivity index (χ0n) is 19.1. The standard InChI is InChI=1S/C25H30N4O4/c1-27(2)25(32)28-14-12-18(13-15-28)24(31)26-19-16-23(30)29(17-19)20-8-10-22(11-9-20)33-21-6-4-3-5-7-21/h3-11,18-19H,12-17H2,1-2H3,(H,26,31). The fraction of sp³-hybridized carbons (Fsp3) is 0.400. The molecule has 0 aliphatic carbocycles. The molecule has 4 amide bonds. The number of amides is 4. The van der Waals surface area contributed by atoms with Crippen molar-refractivity contribution in [3.63, 3.8) is 0 Å². The minimum Gasteiger partial charge on any atom is -0.457 e. The van der Waals surface area contributed by atoms with Gasteiger partial charge in [0.05, 0.1) is 6.04 Å². The molecule has 2 aromatic carbocycles. The Labute approximate surface area is 194 Å². The van der Waals surface area contributed by atoms with Crippen LogP contribution in [0.5, 0.6) is 11.5 Å². The van der Waals surface area contributed by atoms with Gasteiger partial charge in [0.15, 0.2) is 0 Å². The molecule has 174 valence electrons. The Morgan fingerprint density at radius 2 is 1.61 bits per heavy atom. The van der Waals surface area contributed by atoms with Crippen LogP contribution in [0, 0.1) is 5.92 Å². The van der Waals surface area contributed by atoms with E-state index >= 15 is 0 Å². The first kappa shape index (κ1) is 22.6. The molecule has 2 aliphatic heterocycles. The van der Waals surface area contributed by atoms with Gasteiger partial charge in [-0.2, -0.15) is 0 Å². The highest BCUT2D eigenvalue weighted by molar-refractivity contribution is 5.97. The Morgan fingerprint density at radius 3 is 2.24 bits per heavy atom. The maximum Gasteiger partial charge on any atom is 0.319 e. The number of nitrogens with zero attached hydrogens (tertiary/aromatic N) is 3. The minimum absolute atomic E-state index is 0.0107. The lowest BCUT2D eigenvalue weighted by molar-refractivity contribution is -0.126. The zero-order chi connectivity index (χ0) is 23.4. The monoisotopic (exact) mass is 450 g/mol. The molecule has 0 radical (unpaired) electrons. The second kappa shape index (κ2) is 9.94. The van der Waals surface area contributed by atoms with E-state index in [9.17, 15) is 14.4 Å². The van der Waals surface area contributed by atoms with Crippen molar-refractivity contribution in [1.29, 1.82) is 0 Å². The molecule has 2 fully saturated rings. The highest BCUT2D eigenvalue weighted by Crippen LogP contribution is 2.27. The van der Waals surface area contributed by atoms with E-state index in [1.54, 1.807) is 28.8 Å². The summed E-state index contributed by atoms with van der Waals surface area (Å²) in [5.74, 6) is 1.28. The van der Waals surface area contributed by atoms with E-state index in [0.717, 1.165) is 11.4 Å². The third kappa shape index (κ3) is 5.45. The predicted octanol–water partition coefficient (Wildman–Crippen LogP) is 3.09. The summed E-state index contributed by atoms with van der Waals surface area (Å²) < 4.78 is 5.81. The van der Waals surface area contributed by atoms with Gasteiger partial charge < -0.3 is 24.8 Å². The molecule has 8 heteroatoms. The van der Waals surface area contributed by atoms with Crippen molar-refractivity contribution >= 4 is 23.5 Å². The van der Waals surface area contributed by atoms with Crippen molar-refractivity contribution in [3.05, 3.63) is 54.6 Å². The van der Waals surface area contributed by atoms with Crippen molar-refractivity contribution in [2.45, 2.75) is 25.3 Å². The van der Waals surface area contributed by atoms with E-state index in [1.165, 1.54) is 0 Å². The number of urea groups is 1. The summed E-state index contributed by atoms with van der Waals surface area (Å²) in [6.07, 6.45) is 1.56. The van der Waals surface area contributed by atoms with Gasteiger partial charge in [0.1, 0.15) is 11.5 Å². The van der Waals surface area contributed by atoms with Crippen molar-refractivity contribution in [2.24, 2.45) is 5.92 Å². The minimum atomic E-state index is -0.216. The van der Waals surface area contributed by atoms with Crippen LogP contribution >= 0.6 is 0 Å². The van der Waals surface area contributed by atoms with Crippen LogP contribution in [0.1, 0.15) is 19.3 Å². The molecule has 4 rings (SSSR count). The summed E-state index contributed by atoms with van der Waals surface area (Å²) in [5.41, 5.74) is 0.785. The molecule has 1 atom stereocenters. The summed E-state index contributed by atoms with van der Waals surface area (Å²) in [5, 5.41) is 3.05. The van der Waals surface area contributed by atoms with E-state index in [4.69, 9.17) is 4.74 Å². The zero-order valence-corrected chi connectivity index (χ0v) is 19.1. The van der Waals surface area contributed by atoms with Crippen LogP contribution in [-0.2, 0) is 9.59 Å². The van der Waals surface area contributed by atoms with Gasteiger partial charge in [-0.05, 0) is 49.2 Å². The number of hydrogen-bond acceptors (Lipinski definition) is 4. The lowest BCUT2D eigenvalue weighted by atomic mass is 9.95. The van der Waals surface area contributed by atoms with E-state index in [0.29, 0.717) is 38.2 Å². The van der Waals surface area contributed by atoms with Gasteiger partial charge in [-0.25, -0.2) is 4.79 Å². The Kier molecular flexibility index (Phi) is 6.82. The van der Waals surface area contributed by atoms with E-state index in [2.05, 4.69) is 5.32 Å². The first-order valence-corrected chi connectivity index (χ1v) is 11.3. The number of hydrogen-bond donors (Lipinski definition) is 1. The molecular formula is C25H30N4O4. The van der Waals surface area contributed by atoms with Crippen LogP contribution in [0.4, 0.5) is 10.5 Å². The van der Waals surface area contributed by atoms with Gasteiger partial charge in [-0.1, -0.05) is 18.2 Å². The number of benzene rings is 2. The van der Waals surface area contributed by atoms with Gasteiger partial charge in [-0.15, -0.1) is 0 Å². The predicted molar refractivity (Wildman–Crippen MR) is 125 cm³/mol. The number of nitrogens with one attached hydrogen (secondary N) is 1. The maximum absolute atomic E-state index is 12.8. The van der Waals surface area contributed by atoms with Crippen molar-refractivity contribution in [2.75, 3.05) is 38.6 Å². The number of piperidine rings is 1. The number of anilines is 1. The van der Waals surface area contributed by atoms with Gasteiger partial charge in [0.25, 0.3) is 0 Å². The SMILES string of the molecule is CN(C)C(=O)N1CCC(C(=O)NC2CC(=O)N(c3ccc(Oc4ccccc4)cc3)C2)CC1. The number of ether oxygens (including phenoxy) is 1. The number of para-hydroxylation sites is 1. The quantitative estimate of drug-likeness (QED) is 0.759. The maximum atomic E-state index is 12.8. The second-order valence-electron chi connectivity index (χ2n) is 8.76. The molecule has 1 unspecified atom stereocenters. The topological polar surface area (TPSA) is 82.2 Å². The van der Waals surface area contributed by atoms with Gasteiger partial charge in [0.2, 0.25) is 11.8 Å². The summed E-state index contributed by atoms with van der Waals surface area (Å²) in [4.78, 5) is 42.5. The molecule has 2 heterocycles. The van der Waals surface area contributed by atoms with Crippen molar-refractivity contribution in [3.8, 4) is 11.5 Å². The number of likely N-dealkylation sites (tertiary alicyclic amines) is 1. The van der Waals surface area contributed by atoms with E-state index < -0.39 is 0 Å². The molecule has 2 saturated heterocycles. The highest BCUT2D eigenvalue weighted by Gasteiger charge is 2.34. The summed E-state index contributed by atoms with van der Waals surface area (Å²) >= 11 is 0. The van der Waals surface area contributed by atoms with Crippen molar-refractivity contribution < 1.29 is 19.1 Å². The van der Waals surface area contributed by atoms with E-state index in [1.807, 2.05) is 54.6 Å². The molecule has 2 aromatic rings. The normalized spacial score (nSPS) is 18.8. The number of rotatable bonds is 5. The molecule has 0 saturated carbocycles. The molecule has 0 bridgehead atoms. The van der Waals surface area contributed by atoms with Crippen LogP contribution in [0.25, 0.3) is 0 Å². The van der Waals surface area contributed by atoms with Crippen LogP contribution in [0.15, 0.2) is 54.6 Å². The first-order valence-electron chi connectivity index (χ1n) is 11.3. The fourth-order valence-electron chi connectivity index (χ4n) is 4.31. The smallest absolute Gasteiger partial charge is 0.319 e. The van der Waals surface area contributed by atoms with Gasteiger partial charge >= 0.3 is 6.03 Å². The van der Waals surface area contributed by atoms with Crippen LogP contribution in [0.3, 0.4) is 0 Å². The average Bonchev–Trinajstić information content (AvgIpc) is 3.19. The lowest BCUT2D eigenvalue weighted by Crippen LogP contribution is -2.48. The first-order chi connectivity index (χ1) is 15.9. The van der Waals surface area contributed by atoms with Crippen molar-refractivity contribution in [1.82, 2.24) is 15.1 Å². The lowest BCUT2D eigenvalue weighted by Gasteiger charge is -2.33.